The van der Waals surface area contributed by atoms with Crippen LogP contribution in [-0.4, -0.2) is 38.9 Å². The Hall–Kier alpha value is -1.67. The normalized spacial score (nSPS) is 11.6. The van der Waals surface area contributed by atoms with Gasteiger partial charge in [-0.15, -0.1) is 0 Å². The van der Waals surface area contributed by atoms with Crippen LogP contribution in [0.2, 0.25) is 0 Å². The zero-order valence-corrected chi connectivity index (χ0v) is 12.1. The fourth-order valence-electron chi connectivity index (χ4n) is 1.52. The molecule has 0 saturated carbocycles. The molecule has 0 aliphatic carbocycles. The van der Waals surface area contributed by atoms with Gasteiger partial charge in [-0.05, 0) is 25.1 Å². The number of nitrogens with zero attached hydrogens (tertiary/aromatic N) is 1. The molecule has 1 aromatic carbocycles. The highest BCUT2D eigenvalue weighted by molar-refractivity contribution is 7.89. The minimum atomic E-state index is -3.86. The van der Waals surface area contributed by atoms with E-state index in [-0.39, 0.29) is 30.2 Å². The van der Waals surface area contributed by atoms with Crippen LogP contribution in [-0.2, 0) is 19.6 Å². The molecule has 6 nitrogen and oxygen atoms in total. The van der Waals surface area contributed by atoms with Crippen LogP contribution < -0.4 is 5.73 Å². The Morgan fingerprint density at radius 3 is 2.65 bits per heavy atom. The number of hydrogen-bond acceptors (Lipinski definition) is 5. The average Bonchev–Trinajstić information content (AvgIpc) is 2.35. The molecule has 0 heterocycles. The van der Waals surface area contributed by atoms with Crippen molar-refractivity contribution in [2.75, 3.05) is 25.9 Å². The van der Waals surface area contributed by atoms with Crippen molar-refractivity contribution in [3.05, 3.63) is 24.0 Å². The summed E-state index contributed by atoms with van der Waals surface area (Å²) in [6.45, 7) is 1.86. The first-order valence-electron chi connectivity index (χ1n) is 5.96. The minimum Gasteiger partial charge on any atom is -0.466 e. The number of rotatable bonds is 6. The number of anilines is 1. The molecule has 0 aromatic heterocycles. The third-order valence-corrected chi connectivity index (χ3v) is 4.53. The summed E-state index contributed by atoms with van der Waals surface area (Å²) in [6, 6.07) is 3.05. The van der Waals surface area contributed by atoms with Gasteiger partial charge in [-0.3, -0.25) is 4.79 Å². The predicted molar refractivity (Wildman–Crippen MR) is 71.9 cm³/mol. The number of ether oxygens (including phenoxy) is 1. The van der Waals surface area contributed by atoms with Crippen LogP contribution in [0, 0.1) is 5.82 Å². The second kappa shape index (κ2) is 6.67. The third kappa shape index (κ3) is 3.91. The average molecular weight is 304 g/mol. The number of benzene rings is 1. The number of carbonyl (C=O) groups excluding carboxylic acids is 1. The maximum atomic E-state index is 12.9. The molecule has 0 bridgehead atoms. The van der Waals surface area contributed by atoms with Crippen molar-refractivity contribution in [3.63, 3.8) is 0 Å². The molecule has 0 aliphatic rings. The van der Waals surface area contributed by atoms with Crippen molar-refractivity contribution in [1.29, 1.82) is 0 Å². The van der Waals surface area contributed by atoms with Gasteiger partial charge in [-0.2, -0.15) is 0 Å². The maximum Gasteiger partial charge on any atom is 0.307 e. The molecule has 112 valence electrons. The third-order valence-electron chi connectivity index (χ3n) is 2.60. The van der Waals surface area contributed by atoms with E-state index >= 15 is 0 Å². The molecular formula is C12H17FN2O4S. The van der Waals surface area contributed by atoms with E-state index in [0.29, 0.717) is 0 Å². The first kappa shape index (κ1) is 16.4. The highest BCUT2D eigenvalue weighted by Crippen LogP contribution is 2.22. The van der Waals surface area contributed by atoms with E-state index in [1.165, 1.54) is 7.05 Å². The molecule has 20 heavy (non-hydrogen) atoms. The molecule has 1 aromatic rings. The van der Waals surface area contributed by atoms with Crippen LogP contribution in [0.4, 0.5) is 10.1 Å². The molecule has 0 aliphatic heterocycles. The standard InChI is InChI=1S/C12H17FN2O4S/c1-3-19-12(16)6-7-15(2)20(17,18)11-5-4-9(13)8-10(11)14/h4-5,8H,3,6-7,14H2,1-2H3. The van der Waals surface area contributed by atoms with E-state index in [9.17, 15) is 17.6 Å². The topological polar surface area (TPSA) is 89.7 Å². The van der Waals surface area contributed by atoms with Gasteiger partial charge in [-0.25, -0.2) is 17.1 Å². The zero-order valence-electron chi connectivity index (χ0n) is 11.3. The molecule has 0 saturated heterocycles. The van der Waals surface area contributed by atoms with Gasteiger partial charge in [-0.1, -0.05) is 0 Å². The summed E-state index contributed by atoms with van der Waals surface area (Å²) < 4.78 is 43.0. The molecule has 8 heteroatoms. The summed E-state index contributed by atoms with van der Waals surface area (Å²) in [4.78, 5) is 11.0. The number of hydrogen-bond donors (Lipinski definition) is 1. The first-order valence-corrected chi connectivity index (χ1v) is 7.40. The molecule has 0 unspecified atom stereocenters. The largest absolute Gasteiger partial charge is 0.466 e. The predicted octanol–water partition coefficient (Wildman–Crippen LogP) is 0.982. The lowest BCUT2D eigenvalue weighted by Gasteiger charge is -2.17. The van der Waals surface area contributed by atoms with Crippen molar-refractivity contribution in [3.8, 4) is 0 Å². The fraction of sp³-hybridized carbons (Fsp3) is 0.417. The van der Waals surface area contributed by atoms with E-state index in [1.807, 2.05) is 0 Å². The second-order valence-corrected chi connectivity index (χ2v) is 6.08. The van der Waals surface area contributed by atoms with E-state index in [1.54, 1.807) is 6.92 Å². The van der Waals surface area contributed by atoms with Crippen LogP contribution in [0.15, 0.2) is 23.1 Å². The van der Waals surface area contributed by atoms with Gasteiger partial charge in [0.05, 0.1) is 18.7 Å². The van der Waals surface area contributed by atoms with Gasteiger partial charge < -0.3 is 10.5 Å². The van der Waals surface area contributed by atoms with Gasteiger partial charge in [0.15, 0.2) is 0 Å². The zero-order chi connectivity index (χ0) is 15.3. The van der Waals surface area contributed by atoms with Crippen LogP contribution in [0.25, 0.3) is 0 Å². The Kier molecular flexibility index (Phi) is 5.46. The summed E-state index contributed by atoms with van der Waals surface area (Å²) in [5.74, 6) is -1.10. The monoisotopic (exact) mass is 304 g/mol. The van der Waals surface area contributed by atoms with E-state index in [0.717, 1.165) is 22.5 Å². The minimum absolute atomic E-state index is 0.0437. The summed E-state index contributed by atoms with van der Waals surface area (Å²) >= 11 is 0. The van der Waals surface area contributed by atoms with Crippen LogP contribution in [0.5, 0.6) is 0 Å². The smallest absolute Gasteiger partial charge is 0.307 e. The number of nitrogen functional groups attached to an aromatic ring is 1. The maximum absolute atomic E-state index is 12.9. The molecule has 0 radical (unpaired) electrons. The van der Waals surface area contributed by atoms with Crippen molar-refractivity contribution >= 4 is 21.7 Å². The summed E-state index contributed by atoms with van der Waals surface area (Å²) in [7, 11) is -2.55. The van der Waals surface area contributed by atoms with Gasteiger partial charge in [0.2, 0.25) is 10.0 Å². The van der Waals surface area contributed by atoms with Gasteiger partial charge in [0.25, 0.3) is 0 Å². The second-order valence-electron chi connectivity index (χ2n) is 4.06. The number of sulfonamides is 1. The molecule has 0 amide bonds. The summed E-state index contributed by atoms with van der Waals surface area (Å²) in [5, 5.41) is 0. The van der Waals surface area contributed by atoms with Crippen molar-refractivity contribution in [2.24, 2.45) is 0 Å². The van der Waals surface area contributed by atoms with Crippen molar-refractivity contribution < 1.29 is 22.3 Å². The van der Waals surface area contributed by atoms with Gasteiger partial charge in [0.1, 0.15) is 10.7 Å². The fourth-order valence-corrected chi connectivity index (χ4v) is 2.79. The van der Waals surface area contributed by atoms with E-state index in [2.05, 4.69) is 0 Å². The van der Waals surface area contributed by atoms with Crippen LogP contribution in [0.3, 0.4) is 0 Å². The van der Waals surface area contributed by atoms with Gasteiger partial charge >= 0.3 is 5.97 Å². The Labute approximate surface area is 117 Å². The molecule has 0 atom stereocenters. The van der Waals surface area contributed by atoms with E-state index in [4.69, 9.17) is 10.5 Å². The molecular weight excluding hydrogens is 287 g/mol. The summed E-state index contributed by atoms with van der Waals surface area (Å²) in [5.41, 5.74) is 5.34. The molecule has 0 fully saturated rings. The number of esters is 1. The number of halogens is 1. The molecule has 0 spiro atoms. The number of nitrogens with two attached hydrogens (primary N) is 1. The van der Waals surface area contributed by atoms with Crippen LogP contribution >= 0.6 is 0 Å². The van der Waals surface area contributed by atoms with Gasteiger partial charge in [0, 0.05) is 13.6 Å². The SMILES string of the molecule is CCOC(=O)CCN(C)S(=O)(=O)c1ccc(F)cc1N. The molecule has 2 N–H and O–H groups in total. The Bertz CT molecular complexity index is 589. The van der Waals surface area contributed by atoms with Crippen molar-refractivity contribution in [1.82, 2.24) is 4.31 Å². The highest BCUT2D eigenvalue weighted by atomic mass is 32.2. The van der Waals surface area contributed by atoms with Crippen molar-refractivity contribution in [2.45, 2.75) is 18.2 Å². The Morgan fingerprint density at radius 2 is 2.10 bits per heavy atom. The Morgan fingerprint density at radius 1 is 1.45 bits per heavy atom. The van der Waals surface area contributed by atoms with Crippen LogP contribution in [0.1, 0.15) is 13.3 Å². The highest BCUT2D eigenvalue weighted by Gasteiger charge is 2.24. The lowest BCUT2D eigenvalue weighted by atomic mass is 10.3. The van der Waals surface area contributed by atoms with E-state index < -0.39 is 21.8 Å². The lowest BCUT2D eigenvalue weighted by Crippen LogP contribution is -2.30. The Balaban J connectivity index is 2.85. The molecule has 1 rings (SSSR count). The summed E-state index contributed by atoms with van der Waals surface area (Å²) in [6.07, 6.45) is -0.0648. The number of carbonyl (C=O) groups is 1. The quantitative estimate of drug-likeness (QED) is 0.625. The lowest BCUT2D eigenvalue weighted by molar-refractivity contribution is -0.143. The first-order chi connectivity index (χ1) is 9.28.